The molecule has 1 atom stereocenters. The fourth-order valence-electron chi connectivity index (χ4n) is 2.36. The molecule has 0 radical (unpaired) electrons. The maximum absolute atomic E-state index is 6.61. The highest BCUT2D eigenvalue weighted by atomic mass is 35.5. The lowest BCUT2D eigenvalue weighted by Crippen LogP contribution is -1.90. The third-order valence-corrected chi connectivity index (χ3v) is 5.50. The minimum Gasteiger partial charge on any atom is -0.143 e. The van der Waals surface area contributed by atoms with Crippen molar-refractivity contribution in [1.29, 1.82) is 0 Å². The molecule has 0 nitrogen and oxygen atoms in total. The first-order valence-corrected chi connectivity index (χ1v) is 8.41. The Balaban J connectivity index is 1.83. The molecule has 1 unspecified atom stereocenters. The maximum Gasteiger partial charge on any atom is 0.0927 e. The second-order valence-corrected chi connectivity index (χ2v) is 6.64. The molecule has 21 heavy (non-hydrogen) atoms. The summed E-state index contributed by atoms with van der Waals surface area (Å²) in [6.45, 7) is 2.17. The van der Waals surface area contributed by atoms with Gasteiger partial charge in [0.25, 0.3) is 0 Å². The first-order valence-electron chi connectivity index (χ1n) is 7.16. The quantitative estimate of drug-likeness (QED) is 0.495. The van der Waals surface area contributed by atoms with Gasteiger partial charge in [0.1, 0.15) is 0 Å². The molecule has 0 N–H and O–H groups in total. The molecule has 3 aromatic rings. The average Bonchev–Trinajstić information content (AvgIpc) is 3.04. The van der Waals surface area contributed by atoms with Crippen molar-refractivity contribution in [3.05, 3.63) is 82.0 Å². The van der Waals surface area contributed by atoms with Gasteiger partial charge >= 0.3 is 0 Å². The number of alkyl halides is 1. The highest BCUT2D eigenvalue weighted by Crippen LogP contribution is 2.34. The summed E-state index contributed by atoms with van der Waals surface area (Å²) in [6.07, 6.45) is 1.07. The van der Waals surface area contributed by atoms with Crippen LogP contribution < -0.4 is 0 Å². The molecule has 106 valence electrons. The van der Waals surface area contributed by atoms with Gasteiger partial charge in [-0.15, -0.1) is 22.9 Å². The van der Waals surface area contributed by atoms with Crippen molar-refractivity contribution >= 4 is 22.9 Å². The molecule has 0 aliphatic carbocycles. The summed E-state index contributed by atoms with van der Waals surface area (Å²) in [5, 5.41) is -0.0554. The third-order valence-electron chi connectivity index (χ3n) is 3.59. The largest absolute Gasteiger partial charge is 0.143 e. The monoisotopic (exact) mass is 312 g/mol. The Morgan fingerprint density at radius 2 is 1.52 bits per heavy atom. The van der Waals surface area contributed by atoms with E-state index in [1.807, 2.05) is 6.07 Å². The van der Waals surface area contributed by atoms with Crippen LogP contribution in [0.2, 0.25) is 0 Å². The molecule has 0 aliphatic heterocycles. The van der Waals surface area contributed by atoms with Crippen LogP contribution in [0.25, 0.3) is 11.1 Å². The SMILES string of the molecule is CCc1ccc(C(Cl)c2ccc(-c3ccccc3)cc2)s1. The van der Waals surface area contributed by atoms with Crippen molar-refractivity contribution in [2.45, 2.75) is 18.7 Å². The van der Waals surface area contributed by atoms with Gasteiger partial charge in [0.15, 0.2) is 0 Å². The Labute approximate surface area is 135 Å². The van der Waals surface area contributed by atoms with Crippen molar-refractivity contribution in [1.82, 2.24) is 0 Å². The molecule has 1 heterocycles. The number of hydrogen-bond donors (Lipinski definition) is 0. The van der Waals surface area contributed by atoms with Crippen molar-refractivity contribution in [2.75, 3.05) is 0 Å². The molecule has 3 rings (SSSR count). The second kappa shape index (κ2) is 6.46. The Hall–Kier alpha value is -1.57. The van der Waals surface area contributed by atoms with E-state index >= 15 is 0 Å². The number of aryl methyl sites for hydroxylation is 1. The summed E-state index contributed by atoms with van der Waals surface area (Å²) in [6, 6.07) is 23.3. The molecule has 1 aromatic heterocycles. The molecular weight excluding hydrogens is 296 g/mol. The number of halogens is 1. The van der Waals surface area contributed by atoms with Crippen molar-refractivity contribution in [3.63, 3.8) is 0 Å². The van der Waals surface area contributed by atoms with E-state index in [-0.39, 0.29) is 5.38 Å². The molecule has 0 amide bonds. The lowest BCUT2D eigenvalue weighted by molar-refractivity contribution is 1.18. The predicted molar refractivity (Wildman–Crippen MR) is 93.3 cm³/mol. The van der Waals surface area contributed by atoms with Gasteiger partial charge in [-0.1, -0.05) is 61.5 Å². The van der Waals surface area contributed by atoms with E-state index in [4.69, 9.17) is 11.6 Å². The highest BCUT2D eigenvalue weighted by Gasteiger charge is 2.13. The Bertz CT molecular complexity index is 698. The summed E-state index contributed by atoms with van der Waals surface area (Å²) in [5.74, 6) is 0. The van der Waals surface area contributed by atoms with E-state index in [2.05, 4.69) is 67.6 Å². The zero-order valence-corrected chi connectivity index (χ0v) is 13.5. The van der Waals surface area contributed by atoms with Gasteiger partial charge in [-0.05, 0) is 35.2 Å². The number of thiophene rings is 1. The fraction of sp³-hybridized carbons (Fsp3) is 0.158. The zero-order chi connectivity index (χ0) is 14.7. The molecule has 0 saturated carbocycles. The normalized spacial score (nSPS) is 12.3. The molecule has 2 heteroatoms. The standard InChI is InChI=1S/C19H17ClS/c1-2-17-12-13-18(21-17)19(20)16-10-8-15(9-11-16)14-6-4-3-5-7-14/h3-13,19H,2H2,1H3. The fourth-order valence-corrected chi connectivity index (χ4v) is 3.67. The van der Waals surface area contributed by atoms with Gasteiger partial charge in [-0.2, -0.15) is 0 Å². The van der Waals surface area contributed by atoms with Crippen LogP contribution in [0.15, 0.2) is 66.7 Å². The van der Waals surface area contributed by atoms with E-state index < -0.39 is 0 Å². The van der Waals surface area contributed by atoms with E-state index in [1.165, 1.54) is 20.9 Å². The van der Waals surface area contributed by atoms with Crippen LogP contribution in [0.4, 0.5) is 0 Å². The minimum atomic E-state index is -0.0554. The van der Waals surface area contributed by atoms with E-state index in [0.717, 1.165) is 12.0 Å². The van der Waals surface area contributed by atoms with E-state index in [1.54, 1.807) is 11.3 Å². The molecule has 0 spiro atoms. The zero-order valence-electron chi connectivity index (χ0n) is 11.9. The van der Waals surface area contributed by atoms with Gasteiger partial charge in [-0.3, -0.25) is 0 Å². The van der Waals surface area contributed by atoms with Crippen molar-refractivity contribution in [2.24, 2.45) is 0 Å². The summed E-state index contributed by atoms with van der Waals surface area (Å²) in [5.41, 5.74) is 3.61. The van der Waals surface area contributed by atoms with Crippen LogP contribution in [0.1, 0.15) is 27.6 Å². The summed E-state index contributed by atoms with van der Waals surface area (Å²) < 4.78 is 0. The number of benzene rings is 2. The van der Waals surface area contributed by atoms with Crippen LogP contribution in [0, 0.1) is 0 Å². The number of hydrogen-bond acceptors (Lipinski definition) is 1. The van der Waals surface area contributed by atoms with Crippen molar-refractivity contribution in [3.8, 4) is 11.1 Å². The molecule has 0 fully saturated rings. The van der Waals surface area contributed by atoms with Crippen LogP contribution in [0.5, 0.6) is 0 Å². The predicted octanol–water partition coefficient (Wildman–Crippen LogP) is 6.31. The van der Waals surface area contributed by atoms with Gasteiger partial charge in [-0.25, -0.2) is 0 Å². The average molecular weight is 313 g/mol. The molecule has 2 aromatic carbocycles. The van der Waals surface area contributed by atoms with Crippen LogP contribution in [-0.4, -0.2) is 0 Å². The summed E-state index contributed by atoms with van der Waals surface area (Å²) in [4.78, 5) is 2.61. The Morgan fingerprint density at radius 1 is 0.857 bits per heavy atom. The Kier molecular flexibility index (Phi) is 4.42. The van der Waals surface area contributed by atoms with Gasteiger partial charge < -0.3 is 0 Å². The van der Waals surface area contributed by atoms with Gasteiger partial charge in [0, 0.05) is 9.75 Å². The molecular formula is C19H17ClS. The summed E-state index contributed by atoms with van der Waals surface area (Å²) >= 11 is 8.42. The Morgan fingerprint density at radius 3 is 2.14 bits per heavy atom. The molecule has 0 bridgehead atoms. The first kappa shape index (κ1) is 14.4. The smallest absolute Gasteiger partial charge is 0.0927 e. The van der Waals surface area contributed by atoms with E-state index in [0.29, 0.717) is 0 Å². The van der Waals surface area contributed by atoms with Crippen molar-refractivity contribution < 1.29 is 0 Å². The lowest BCUT2D eigenvalue weighted by Gasteiger charge is -2.09. The number of rotatable bonds is 4. The lowest BCUT2D eigenvalue weighted by atomic mass is 10.0. The minimum absolute atomic E-state index is 0.0554. The maximum atomic E-state index is 6.61. The van der Waals surface area contributed by atoms with Crippen LogP contribution >= 0.6 is 22.9 Å². The van der Waals surface area contributed by atoms with Crippen LogP contribution in [0.3, 0.4) is 0 Å². The first-order chi connectivity index (χ1) is 10.3. The van der Waals surface area contributed by atoms with E-state index in [9.17, 15) is 0 Å². The van der Waals surface area contributed by atoms with Gasteiger partial charge in [0.2, 0.25) is 0 Å². The third kappa shape index (κ3) is 3.20. The molecule has 0 aliphatic rings. The van der Waals surface area contributed by atoms with Crippen LogP contribution in [-0.2, 0) is 6.42 Å². The summed E-state index contributed by atoms with van der Waals surface area (Å²) in [7, 11) is 0. The topological polar surface area (TPSA) is 0 Å². The highest BCUT2D eigenvalue weighted by molar-refractivity contribution is 7.12. The van der Waals surface area contributed by atoms with Gasteiger partial charge in [0.05, 0.1) is 5.38 Å². The molecule has 0 saturated heterocycles. The second-order valence-electron chi connectivity index (χ2n) is 5.01.